The Morgan fingerprint density at radius 1 is 0.496 bits per heavy atom. The van der Waals surface area contributed by atoms with Crippen LogP contribution in [0.25, 0.3) is 0 Å². The zero-order chi connectivity index (χ0) is 95.9. The fourth-order valence-electron chi connectivity index (χ4n) is 5.99. The molecule has 0 fully saturated rings. The molecule has 0 radical (unpaired) electrons. The van der Waals surface area contributed by atoms with Gasteiger partial charge in [-0.05, 0) is 154 Å². The standard InChI is InChI=1S/2C4H6N2.3C4H5NO.3C4H5NS.C3H6N4.C3H5N3O.C3H5N3S.2C3H5N3.2C3H4N2O2.4C3H4N2OS.C2H4N4/c1-4-2-5-3-6-4;1-4-5-2-3-6-4;1-4-2-6-3-5-4;1-4-2-5-3-6-4;1-4-5-2-3-6-4;1-4-2-6-3-5-4;1-4-2-5-3-6-4;1-4-5-2-3-6-4;1-2-5-3(4)7-6-2;2*1-2-4-3(7)6-5-2;1-3-4-2-5-6-3;1-3-2-4-6-5-3;1-2-4-5-3(6)7-2;1-2-4-3(6)7-5-2;1-2-4-5-3(6)7-2;1-2-4-5-3(7)6-2;1-2-4-3(6)7-5-2;1-2-4-3(7)6-5-2;1-2-3-5-6-4-2/h2*2-3H,1H3,(H,5,6);6*2-3H,1H3;1H3,(H3,4,5,6,7);2*1H3,(H2,4,5,6,7);2*2H,1H3,(H,4,5,6);1H3,(H,5,6);1H3,(H,4,5,6);1H3,(H,5,6);1H3,(H,5,7);1H3,(H,4,5,6);1H3,(H,4,5,7);1H3,(H,3,4,5,6). The first-order valence-corrected chi connectivity index (χ1v) is 41.3. The summed E-state index contributed by atoms with van der Waals surface area (Å²) in [6.07, 6.45) is 23.0. The number of hydrogen-bond donors (Lipinski definition) is 17. The fourth-order valence-corrected chi connectivity index (χ4v) is 8.83. The maximum atomic E-state index is 10.2. The highest BCUT2D eigenvalue weighted by atomic mass is 32.1. The maximum absolute atomic E-state index is 10.2. The van der Waals surface area contributed by atoms with Crippen LogP contribution in [0, 0.1) is 153 Å². The van der Waals surface area contributed by atoms with Crippen molar-refractivity contribution in [2.75, 3.05) is 5.73 Å². The molecule has 0 saturated heterocycles. The number of imidazole rings is 2. The van der Waals surface area contributed by atoms with Gasteiger partial charge >= 0.3 is 31.8 Å². The Kier molecular flexibility index (Phi) is 60.0. The van der Waals surface area contributed by atoms with E-state index in [4.69, 9.17) is 19.0 Å². The van der Waals surface area contributed by atoms with Gasteiger partial charge in [0.05, 0.1) is 52.3 Å². The van der Waals surface area contributed by atoms with Crippen LogP contribution < -0.4 is 32.7 Å². The van der Waals surface area contributed by atoms with Crippen LogP contribution in [0.4, 0.5) is 5.95 Å². The number of nitrogens with two attached hydrogens (primary N) is 1. The Bertz CT molecular complexity index is 5090. The average molecular weight is 1940 g/mol. The van der Waals surface area contributed by atoms with E-state index in [-0.39, 0.29) is 20.3 Å². The van der Waals surface area contributed by atoms with Crippen LogP contribution in [-0.4, -0.2) is 207 Å². The molecule has 0 saturated carbocycles. The third-order valence-corrected chi connectivity index (χ3v) is 15.2. The lowest BCUT2D eigenvalue weighted by Crippen LogP contribution is -2.00. The van der Waals surface area contributed by atoms with Crippen molar-refractivity contribution in [1.82, 2.24) is 207 Å². The van der Waals surface area contributed by atoms with E-state index in [0.717, 1.165) is 90.6 Å². The molecule has 20 aromatic heterocycles. The fraction of sp³-hybridized carbons (Fsp3) is 0.299. The van der Waals surface area contributed by atoms with Crippen LogP contribution in [0.15, 0.2) is 164 Å². The van der Waals surface area contributed by atoms with Crippen molar-refractivity contribution in [3.05, 3.63) is 288 Å². The van der Waals surface area contributed by atoms with Crippen molar-refractivity contribution in [3.63, 3.8) is 0 Å². The molecule has 129 heavy (non-hydrogen) atoms. The summed E-state index contributed by atoms with van der Waals surface area (Å²) < 4.78 is 36.0. The number of hydrogen-bond acceptors (Lipinski definition) is 46. The molecule has 0 atom stereocenters. The predicted octanol–water partition coefficient (Wildman–Crippen LogP) is 10.1. The first-order chi connectivity index (χ1) is 61.4. The van der Waals surface area contributed by atoms with E-state index in [1.54, 1.807) is 165 Å². The number of aromatic amines is 16. The number of rotatable bonds is 0. The zero-order valence-electron chi connectivity index (χ0n) is 72.8. The van der Waals surface area contributed by atoms with Crippen molar-refractivity contribution in [2.24, 2.45) is 0 Å². The molecule has 0 aliphatic carbocycles. The molecule has 0 amide bonds. The van der Waals surface area contributed by atoms with E-state index in [1.165, 1.54) is 24.0 Å². The number of aromatic nitrogens is 41. The lowest BCUT2D eigenvalue weighted by atomic mass is 10.6. The summed E-state index contributed by atoms with van der Waals surface area (Å²) in [6.45, 7) is 36.5. The molecule has 0 unspecified atom stereocenters. The summed E-state index contributed by atoms with van der Waals surface area (Å²) in [4.78, 5) is 111. The molecule has 0 aromatic carbocycles. The minimum atomic E-state index is -0.502. The summed E-state index contributed by atoms with van der Waals surface area (Å²) in [5.74, 6) is 8.41. The molecule has 0 bridgehead atoms. The largest absolute Gasteiger partial charge is 0.452 e. The first-order valence-electron chi connectivity index (χ1n) is 35.8. The number of thiazole rings is 3. The van der Waals surface area contributed by atoms with Gasteiger partial charge in [-0.3, -0.25) is 64.4 Å². The number of oxazole rings is 3. The highest BCUT2D eigenvalue weighted by Gasteiger charge is 1.93. The maximum Gasteiger partial charge on any atom is 0.438 e. The third kappa shape index (κ3) is 68.0. The Hall–Kier alpha value is -15.1. The lowest BCUT2D eigenvalue weighted by Gasteiger charge is -1.68. The summed E-state index contributed by atoms with van der Waals surface area (Å²) in [7, 11) is 0. The van der Waals surface area contributed by atoms with Gasteiger partial charge in [-0.25, -0.2) is 74.8 Å². The van der Waals surface area contributed by atoms with Gasteiger partial charge in [-0.2, -0.15) is 50.3 Å². The van der Waals surface area contributed by atoms with Gasteiger partial charge in [0.15, 0.2) is 24.5 Å². The van der Waals surface area contributed by atoms with Gasteiger partial charge in [0, 0.05) is 90.3 Å². The minimum absolute atomic E-state index is 0.0856. The predicted molar refractivity (Wildman–Crippen MR) is 482 cm³/mol. The van der Waals surface area contributed by atoms with E-state index in [2.05, 4.69) is 261 Å². The quantitative estimate of drug-likeness (QED) is 0.0627. The molecule has 0 aliphatic heterocycles. The van der Waals surface area contributed by atoms with Crippen molar-refractivity contribution in [1.29, 1.82) is 0 Å². The number of tetrazole rings is 1. The van der Waals surface area contributed by atoms with Crippen LogP contribution >= 0.6 is 93.5 Å². The second-order valence-electron chi connectivity index (χ2n) is 22.9. The normalized spacial score (nSPS) is 9.05. The molecular formula is C67H96N42O12S8. The van der Waals surface area contributed by atoms with Crippen molar-refractivity contribution in [3.8, 4) is 0 Å². The van der Waals surface area contributed by atoms with Crippen LogP contribution in [0.1, 0.15) is 114 Å². The van der Waals surface area contributed by atoms with Crippen LogP contribution in [0.3, 0.4) is 0 Å². The van der Waals surface area contributed by atoms with E-state index in [0.29, 0.717) is 56.5 Å². The second kappa shape index (κ2) is 69.2. The molecule has 54 nitrogen and oxygen atoms in total. The highest BCUT2D eigenvalue weighted by molar-refractivity contribution is 7.71. The topological polar surface area (TPSA) is 778 Å². The number of H-pyrrole nitrogens is 16. The van der Waals surface area contributed by atoms with Crippen molar-refractivity contribution >= 4 is 99.5 Å². The van der Waals surface area contributed by atoms with Gasteiger partial charge in [0.1, 0.15) is 76.2 Å². The number of nitrogens with zero attached hydrogens (tertiary/aromatic N) is 25. The summed E-state index contributed by atoms with van der Waals surface area (Å²) in [6, 6.07) is 0. The molecule has 694 valence electrons. The number of nitrogens with one attached hydrogen (secondary N) is 16. The zero-order valence-corrected chi connectivity index (χ0v) is 79.3. The van der Waals surface area contributed by atoms with Crippen LogP contribution in [0.5, 0.6) is 0 Å². The molecule has 20 heterocycles. The lowest BCUT2D eigenvalue weighted by molar-refractivity contribution is 0.383. The van der Waals surface area contributed by atoms with Gasteiger partial charge in [-0.15, -0.1) is 59.5 Å². The molecule has 62 heteroatoms. The Morgan fingerprint density at radius 3 is 1.41 bits per heavy atom. The van der Waals surface area contributed by atoms with Crippen LogP contribution in [-0.2, 0) is 0 Å². The smallest absolute Gasteiger partial charge is 0.438 e. The summed E-state index contributed by atoms with van der Waals surface area (Å²) >= 11 is 20.7. The third-order valence-electron chi connectivity index (χ3n) is 11.3. The molecule has 18 N–H and O–H groups in total. The molecule has 20 rings (SSSR count). The van der Waals surface area contributed by atoms with Gasteiger partial charge in [0.2, 0.25) is 22.5 Å². The number of aryl methyl sites for hydroxylation is 20. The van der Waals surface area contributed by atoms with Crippen LogP contribution in [0.2, 0.25) is 0 Å². The first kappa shape index (κ1) is 112. The second-order valence-corrected chi connectivity index (χ2v) is 28.8. The number of nitrogen functional groups attached to an aromatic ring is 1. The summed E-state index contributed by atoms with van der Waals surface area (Å²) in [5.41, 5.74) is 12.6. The molecule has 0 spiro atoms. The van der Waals surface area contributed by atoms with E-state index >= 15 is 0 Å². The summed E-state index contributed by atoms with van der Waals surface area (Å²) in [5, 5.41) is 75.0. The molecular weight excluding hydrogens is 1840 g/mol. The average Bonchev–Trinajstić information content (AvgIpc) is 1.85. The van der Waals surface area contributed by atoms with E-state index in [1.807, 2.05) is 97.2 Å². The Morgan fingerprint density at radius 2 is 1.26 bits per heavy atom. The van der Waals surface area contributed by atoms with Gasteiger partial charge in [0.25, 0.3) is 4.84 Å². The molecule has 20 aromatic rings. The van der Waals surface area contributed by atoms with Gasteiger partial charge < -0.3 is 42.3 Å². The Balaban J connectivity index is 0.000000679. The van der Waals surface area contributed by atoms with E-state index < -0.39 is 11.5 Å². The van der Waals surface area contributed by atoms with Gasteiger partial charge in [-0.1, -0.05) is 21.7 Å². The van der Waals surface area contributed by atoms with Crippen molar-refractivity contribution in [2.45, 2.75) is 138 Å². The molecule has 0 aliphatic rings. The van der Waals surface area contributed by atoms with E-state index in [9.17, 15) is 24.0 Å². The highest BCUT2D eigenvalue weighted by Crippen LogP contribution is 2.01. The SMILES string of the molecule is Cc1cn[nH]n1.Cc1cnc[nH]1.Cc1cnco1.Cc1cncs1.Cc1cocn1.Cc1cscn1.Cc1n[nH]c(=O)[nH]1.Cc1n[nH]c(=O)o1.Cc1n[nH]c(=O)s1.Cc1n[nH]c(=S)o1.Cc1nc(=S)[nH][nH]1.Cc1nc(=S)o[nH]1.Cc1nc(N)n[nH]1.Cc1ncc[nH]1.Cc1ncco1.Cc1nccs1.Cc1ncn[nH]1.Cc1nn[nH]n1.Cc1noc(=O)[nH]1.Cc1nsc(=O)[nH]1. The number of anilines is 1. The Labute approximate surface area is 764 Å². The van der Waals surface area contributed by atoms with Crippen molar-refractivity contribution < 1.29 is 31.1 Å². The monoisotopic (exact) mass is 1940 g/mol. The minimum Gasteiger partial charge on any atom is -0.452 e.